The molecule has 4 heteroatoms. The highest BCUT2D eigenvalue weighted by molar-refractivity contribution is 6.13. The summed E-state index contributed by atoms with van der Waals surface area (Å²) in [5.74, 6) is -0.219. The first-order chi connectivity index (χ1) is 4.70. The van der Waals surface area contributed by atoms with Crippen molar-refractivity contribution in [2.24, 2.45) is 0 Å². The largest absolute Gasteiger partial charge is 0.466 e. The molecule has 0 aliphatic rings. The molecule has 1 unspecified atom stereocenters. The third kappa shape index (κ3) is 4.58. The van der Waals surface area contributed by atoms with Gasteiger partial charge in [-0.05, 0) is 25.6 Å². The minimum atomic E-state index is -0.219. The number of carbonyl (C=O) groups excluding carboxylic acids is 1. The smallest absolute Gasteiger partial charge is 0.307 e. The Morgan fingerprint density at radius 3 is 2.80 bits per heavy atom. The van der Waals surface area contributed by atoms with Gasteiger partial charge in [-0.15, -0.1) is 0 Å². The number of carbonyl (C=O) groups is 1. The van der Waals surface area contributed by atoms with Gasteiger partial charge in [0.15, 0.2) is 0 Å². The lowest BCUT2D eigenvalue weighted by molar-refractivity contribution is -0.143. The average Bonchev–Trinajstić information content (AvgIpc) is 1.88. The molecule has 0 radical (unpaired) electrons. The van der Waals surface area contributed by atoms with Crippen molar-refractivity contribution in [3.8, 4) is 0 Å². The third-order valence-corrected chi connectivity index (χ3v) is 1.34. The SMILES string of the molecule is CCOC(=O)CC(C)NCl. The van der Waals surface area contributed by atoms with Crippen molar-refractivity contribution in [2.45, 2.75) is 26.3 Å². The van der Waals surface area contributed by atoms with E-state index in [2.05, 4.69) is 9.57 Å². The molecule has 10 heavy (non-hydrogen) atoms. The van der Waals surface area contributed by atoms with E-state index in [1.165, 1.54) is 0 Å². The van der Waals surface area contributed by atoms with Gasteiger partial charge in [0.05, 0.1) is 13.0 Å². The first-order valence-electron chi connectivity index (χ1n) is 3.22. The monoisotopic (exact) mass is 165 g/mol. The van der Waals surface area contributed by atoms with Gasteiger partial charge in [0.25, 0.3) is 0 Å². The van der Waals surface area contributed by atoms with Crippen LogP contribution in [0.2, 0.25) is 0 Å². The van der Waals surface area contributed by atoms with Gasteiger partial charge >= 0.3 is 5.97 Å². The number of hydrogen-bond acceptors (Lipinski definition) is 3. The number of rotatable bonds is 4. The molecule has 60 valence electrons. The van der Waals surface area contributed by atoms with Crippen molar-refractivity contribution in [3.05, 3.63) is 0 Å². The van der Waals surface area contributed by atoms with Gasteiger partial charge in [-0.1, -0.05) is 0 Å². The molecule has 0 saturated heterocycles. The van der Waals surface area contributed by atoms with E-state index in [4.69, 9.17) is 11.8 Å². The Balaban J connectivity index is 3.37. The van der Waals surface area contributed by atoms with E-state index in [0.717, 1.165) is 0 Å². The molecule has 0 bridgehead atoms. The molecule has 1 atom stereocenters. The molecule has 0 aromatic carbocycles. The second kappa shape index (κ2) is 5.50. The van der Waals surface area contributed by atoms with Crippen LogP contribution in [0.3, 0.4) is 0 Å². The van der Waals surface area contributed by atoms with E-state index < -0.39 is 0 Å². The first kappa shape index (κ1) is 9.72. The lowest BCUT2D eigenvalue weighted by Crippen LogP contribution is -2.21. The van der Waals surface area contributed by atoms with Crippen LogP contribution in [0, 0.1) is 0 Å². The van der Waals surface area contributed by atoms with E-state index in [1.54, 1.807) is 6.92 Å². The van der Waals surface area contributed by atoms with Crippen LogP contribution in [-0.2, 0) is 9.53 Å². The van der Waals surface area contributed by atoms with Crippen molar-refractivity contribution in [2.75, 3.05) is 6.61 Å². The van der Waals surface area contributed by atoms with Gasteiger partial charge in [0.2, 0.25) is 0 Å². The Bertz CT molecular complexity index is 108. The van der Waals surface area contributed by atoms with Gasteiger partial charge in [-0.3, -0.25) is 4.79 Å². The van der Waals surface area contributed by atoms with Crippen molar-refractivity contribution in [1.29, 1.82) is 0 Å². The van der Waals surface area contributed by atoms with Gasteiger partial charge in [-0.25, -0.2) is 4.84 Å². The topological polar surface area (TPSA) is 38.3 Å². The predicted octanol–water partition coefficient (Wildman–Crippen LogP) is 1.07. The first-order valence-corrected chi connectivity index (χ1v) is 3.60. The zero-order valence-corrected chi connectivity index (χ0v) is 6.94. The van der Waals surface area contributed by atoms with Crippen LogP contribution in [0.25, 0.3) is 0 Å². The third-order valence-electron chi connectivity index (χ3n) is 0.964. The van der Waals surface area contributed by atoms with Crippen molar-refractivity contribution in [3.63, 3.8) is 0 Å². The van der Waals surface area contributed by atoms with Gasteiger partial charge < -0.3 is 4.74 Å². The van der Waals surface area contributed by atoms with Crippen LogP contribution in [0.4, 0.5) is 0 Å². The summed E-state index contributed by atoms with van der Waals surface area (Å²) in [7, 11) is 0. The van der Waals surface area contributed by atoms with Crippen LogP contribution in [0.15, 0.2) is 0 Å². The van der Waals surface area contributed by atoms with Crippen LogP contribution < -0.4 is 4.84 Å². The molecule has 0 heterocycles. The number of ether oxygens (including phenoxy) is 1. The van der Waals surface area contributed by atoms with E-state index in [9.17, 15) is 4.79 Å². The fourth-order valence-electron chi connectivity index (χ4n) is 0.508. The molecular formula is C6H12ClNO2. The highest BCUT2D eigenvalue weighted by atomic mass is 35.5. The van der Waals surface area contributed by atoms with E-state index in [-0.39, 0.29) is 12.0 Å². The summed E-state index contributed by atoms with van der Waals surface area (Å²) < 4.78 is 4.68. The van der Waals surface area contributed by atoms with Gasteiger partial charge in [-0.2, -0.15) is 0 Å². The highest BCUT2D eigenvalue weighted by Gasteiger charge is 2.06. The van der Waals surface area contributed by atoms with E-state index in [1.807, 2.05) is 6.92 Å². The zero-order valence-electron chi connectivity index (χ0n) is 6.19. The molecular weight excluding hydrogens is 154 g/mol. The zero-order chi connectivity index (χ0) is 7.98. The average molecular weight is 166 g/mol. The fraction of sp³-hybridized carbons (Fsp3) is 0.833. The molecule has 0 aromatic rings. The van der Waals surface area contributed by atoms with Crippen molar-refractivity contribution >= 4 is 17.7 Å². The minimum absolute atomic E-state index is 0.0271. The summed E-state index contributed by atoms with van der Waals surface area (Å²) in [5, 5.41) is 0. The molecule has 0 aliphatic heterocycles. The molecule has 0 rings (SSSR count). The molecule has 0 fully saturated rings. The van der Waals surface area contributed by atoms with Crippen LogP contribution in [-0.4, -0.2) is 18.6 Å². The quantitative estimate of drug-likeness (QED) is 0.500. The minimum Gasteiger partial charge on any atom is -0.466 e. The summed E-state index contributed by atoms with van der Waals surface area (Å²) in [6, 6.07) is -0.0271. The van der Waals surface area contributed by atoms with Gasteiger partial charge in [0.1, 0.15) is 0 Å². The number of halogens is 1. The maximum Gasteiger partial charge on any atom is 0.307 e. The normalized spacial score (nSPS) is 12.7. The second-order valence-corrected chi connectivity index (χ2v) is 2.24. The Labute approximate surface area is 65.8 Å². The van der Waals surface area contributed by atoms with Crippen molar-refractivity contribution < 1.29 is 9.53 Å². The summed E-state index contributed by atoms with van der Waals surface area (Å²) >= 11 is 5.24. The molecule has 1 N–H and O–H groups in total. The predicted molar refractivity (Wildman–Crippen MR) is 39.7 cm³/mol. The molecule has 3 nitrogen and oxygen atoms in total. The Morgan fingerprint density at radius 1 is 1.80 bits per heavy atom. The maximum absolute atomic E-state index is 10.7. The second-order valence-electron chi connectivity index (χ2n) is 2.02. The molecule has 0 spiro atoms. The molecule has 0 saturated carbocycles. The van der Waals surface area contributed by atoms with Crippen LogP contribution in [0.5, 0.6) is 0 Å². The summed E-state index contributed by atoms with van der Waals surface area (Å²) in [6.45, 7) is 4.01. The Hall–Kier alpha value is -0.280. The Morgan fingerprint density at radius 2 is 2.40 bits per heavy atom. The van der Waals surface area contributed by atoms with Crippen LogP contribution in [0.1, 0.15) is 20.3 Å². The van der Waals surface area contributed by atoms with Gasteiger partial charge in [0, 0.05) is 6.04 Å². The summed E-state index contributed by atoms with van der Waals surface area (Å²) in [4.78, 5) is 13.1. The summed E-state index contributed by atoms with van der Waals surface area (Å²) in [5.41, 5.74) is 0. The van der Waals surface area contributed by atoms with Crippen LogP contribution >= 0.6 is 11.8 Å². The molecule has 0 aliphatic carbocycles. The van der Waals surface area contributed by atoms with E-state index >= 15 is 0 Å². The number of esters is 1. The molecule has 0 aromatic heterocycles. The standard InChI is InChI=1S/C6H12ClNO2/c1-3-10-6(9)4-5(2)8-7/h5,8H,3-4H2,1-2H3. The summed E-state index contributed by atoms with van der Waals surface area (Å²) in [6.07, 6.45) is 0.317. The number of hydrogen-bond donors (Lipinski definition) is 1. The molecule has 0 amide bonds. The lowest BCUT2D eigenvalue weighted by Gasteiger charge is -2.06. The number of nitrogens with one attached hydrogen (secondary N) is 1. The highest BCUT2D eigenvalue weighted by Crippen LogP contribution is 1.93. The lowest BCUT2D eigenvalue weighted by atomic mass is 10.3. The Kier molecular flexibility index (Phi) is 5.35. The maximum atomic E-state index is 10.7. The fourth-order valence-corrected chi connectivity index (χ4v) is 0.586. The van der Waals surface area contributed by atoms with E-state index in [0.29, 0.717) is 13.0 Å². The van der Waals surface area contributed by atoms with Crippen molar-refractivity contribution in [1.82, 2.24) is 4.84 Å².